The minimum atomic E-state index is 0.678. The maximum absolute atomic E-state index is 6.53. The van der Waals surface area contributed by atoms with E-state index in [9.17, 15) is 0 Å². The van der Waals surface area contributed by atoms with Crippen LogP contribution in [-0.4, -0.2) is 9.97 Å². The standard InChI is InChI=1S/C45H30N2O2/c1-5-32(44-33(6-2)35-12-7-9-16-40(35)48-44)29-23-30(34-14-11-15-38-36-13-8-10-17-41(36)49-45(34)38)25-31(24-29)39-22-27(4)47-43-37(39)21-20-28-19-18-26(3)46-42(28)43/h1,6-25H,2-4H3/b33-6-,44-32-. The van der Waals surface area contributed by atoms with Gasteiger partial charge in [-0.05, 0) is 85.5 Å². The molecule has 0 aliphatic carbocycles. The molecular formula is C45H30N2O2. The van der Waals surface area contributed by atoms with E-state index in [1.54, 1.807) is 0 Å². The van der Waals surface area contributed by atoms with Crippen molar-refractivity contribution in [1.29, 1.82) is 0 Å². The molecule has 4 nitrogen and oxygen atoms in total. The molecule has 0 aliphatic rings. The fourth-order valence-electron chi connectivity index (χ4n) is 7.21. The molecule has 0 saturated heterocycles. The van der Waals surface area contributed by atoms with Crippen LogP contribution < -0.4 is 10.6 Å². The number of benzene rings is 5. The van der Waals surface area contributed by atoms with Crippen LogP contribution in [-0.2, 0) is 0 Å². The van der Waals surface area contributed by atoms with E-state index in [-0.39, 0.29) is 0 Å². The van der Waals surface area contributed by atoms with Crippen molar-refractivity contribution in [3.05, 3.63) is 143 Å². The van der Waals surface area contributed by atoms with E-state index >= 15 is 0 Å². The van der Waals surface area contributed by atoms with Crippen LogP contribution in [0.4, 0.5) is 0 Å². The molecule has 9 rings (SSSR count). The van der Waals surface area contributed by atoms with E-state index < -0.39 is 0 Å². The molecule has 4 aromatic heterocycles. The summed E-state index contributed by atoms with van der Waals surface area (Å²) in [5.74, 6) is 3.02. The van der Waals surface area contributed by atoms with Gasteiger partial charge >= 0.3 is 0 Å². The maximum atomic E-state index is 6.53. The number of para-hydroxylation sites is 3. The number of hydrogen-bond acceptors (Lipinski definition) is 4. The summed E-state index contributed by atoms with van der Waals surface area (Å²) in [5, 5.41) is 6.25. The summed E-state index contributed by atoms with van der Waals surface area (Å²) in [6.07, 6.45) is 8.46. The molecule has 4 heteroatoms. The van der Waals surface area contributed by atoms with Crippen molar-refractivity contribution in [3.8, 4) is 34.6 Å². The molecule has 0 spiro atoms. The van der Waals surface area contributed by atoms with Crippen molar-refractivity contribution in [1.82, 2.24) is 9.97 Å². The van der Waals surface area contributed by atoms with Crippen molar-refractivity contribution in [3.63, 3.8) is 0 Å². The van der Waals surface area contributed by atoms with Crippen molar-refractivity contribution >= 4 is 66.4 Å². The van der Waals surface area contributed by atoms with Gasteiger partial charge in [-0.25, -0.2) is 0 Å². The lowest BCUT2D eigenvalue weighted by Gasteiger charge is -2.14. The van der Waals surface area contributed by atoms with Crippen LogP contribution >= 0.6 is 0 Å². The van der Waals surface area contributed by atoms with E-state index in [1.807, 2.05) is 63.2 Å². The summed E-state index contributed by atoms with van der Waals surface area (Å²) in [4.78, 5) is 9.93. The highest BCUT2D eigenvalue weighted by Crippen LogP contribution is 2.40. The quantitative estimate of drug-likeness (QED) is 0.144. The molecule has 0 saturated carbocycles. The van der Waals surface area contributed by atoms with Crippen molar-refractivity contribution in [2.24, 2.45) is 0 Å². The smallest absolute Gasteiger partial charge is 0.151 e. The fourth-order valence-corrected chi connectivity index (χ4v) is 7.21. The van der Waals surface area contributed by atoms with Gasteiger partial charge in [-0.2, -0.15) is 0 Å². The van der Waals surface area contributed by atoms with E-state index in [1.165, 1.54) is 0 Å². The normalized spacial score (nSPS) is 12.8. The number of aromatic nitrogens is 2. The Kier molecular flexibility index (Phi) is 6.50. The van der Waals surface area contributed by atoms with Crippen LogP contribution in [0.5, 0.6) is 0 Å². The molecule has 0 unspecified atom stereocenters. The van der Waals surface area contributed by atoms with Gasteiger partial charge in [0, 0.05) is 49.1 Å². The second-order valence-corrected chi connectivity index (χ2v) is 12.5. The molecule has 49 heavy (non-hydrogen) atoms. The van der Waals surface area contributed by atoms with Gasteiger partial charge in [0.2, 0.25) is 0 Å². The predicted octanol–water partition coefficient (Wildman–Crippen LogP) is 10.0. The molecule has 0 fully saturated rings. The van der Waals surface area contributed by atoms with Gasteiger partial charge in [-0.1, -0.05) is 84.8 Å². The van der Waals surface area contributed by atoms with Gasteiger partial charge in [0.15, 0.2) is 5.42 Å². The molecule has 0 atom stereocenters. The molecule has 0 radical (unpaired) electrons. The number of hydrogen-bond donors (Lipinski definition) is 0. The molecule has 232 valence electrons. The lowest BCUT2D eigenvalue weighted by Crippen LogP contribution is -2.23. The summed E-state index contributed by atoms with van der Waals surface area (Å²) in [7, 11) is 0. The second kappa shape index (κ2) is 11.1. The van der Waals surface area contributed by atoms with Crippen LogP contribution in [0.2, 0.25) is 0 Å². The minimum absolute atomic E-state index is 0.678. The highest BCUT2D eigenvalue weighted by Gasteiger charge is 2.18. The molecule has 4 heterocycles. The third-order valence-electron chi connectivity index (χ3n) is 9.45. The zero-order chi connectivity index (χ0) is 33.2. The van der Waals surface area contributed by atoms with Gasteiger partial charge in [-0.15, -0.1) is 6.42 Å². The SMILES string of the molecule is C#C/C(c1cc(-c2cc(C)nc3c2ccc2ccc(C)nc23)cc(-c2cccc3c2oc2ccccc23)c1)=c1/oc2ccccc2/c1=C/C. The van der Waals surface area contributed by atoms with Crippen molar-refractivity contribution < 1.29 is 8.83 Å². The summed E-state index contributed by atoms with van der Waals surface area (Å²) >= 11 is 0. The summed E-state index contributed by atoms with van der Waals surface area (Å²) in [6, 6.07) is 39.7. The number of furan rings is 2. The average Bonchev–Trinajstić information content (AvgIpc) is 3.70. The number of aryl methyl sites for hydroxylation is 2. The lowest BCUT2D eigenvalue weighted by atomic mass is 9.91. The van der Waals surface area contributed by atoms with Gasteiger partial charge < -0.3 is 8.83 Å². The minimum Gasteiger partial charge on any atom is -0.455 e. The monoisotopic (exact) mass is 630 g/mol. The van der Waals surface area contributed by atoms with Crippen molar-refractivity contribution in [2.45, 2.75) is 20.8 Å². The summed E-state index contributed by atoms with van der Waals surface area (Å²) in [5.41, 5.74) is 12.4. The maximum Gasteiger partial charge on any atom is 0.151 e. The van der Waals surface area contributed by atoms with Crippen LogP contribution in [0.3, 0.4) is 0 Å². The Balaban J connectivity index is 1.40. The second-order valence-electron chi connectivity index (χ2n) is 12.5. The summed E-state index contributed by atoms with van der Waals surface area (Å²) in [6.45, 7) is 6.07. The Hall–Kier alpha value is -6.44. The fraction of sp³-hybridized carbons (Fsp3) is 0.0667. The van der Waals surface area contributed by atoms with E-state index in [2.05, 4.69) is 84.8 Å². The van der Waals surface area contributed by atoms with Gasteiger partial charge in [-0.3, -0.25) is 9.97 Å². The van der Waals surface area contributed by atoms with Crippen LogP contribution in [0.1, 0.15) is 23.9 Å². The Morgan fingerprint density at radius 2 is 1.33 bits per heavy atom. The molecule has 0 N–H and O–H groups in total. The zero-order valence-corrected chi connectivity index (χ0v) is 27.3. The highest BCUT2D eigenvalue weighted by atomic mass is 16.3. The first-order valence-corrected chi connectivity index (χ1v) is 16.4. The molecule has 0 bridgehead atoms. The third kappa shape index (κ3) is 4.55. The van der Waals surface area contributed by atoms with E-state index in [0.29, 0.717) is 11.0 Å². The van der Waals surface area contributed by atoms with Crippen LogP contribution in [0.15, 0.2) is 124 Å². The topological polar surface area (TPSA) is 52.1 Å². The van der Waals surface area contributed by atoms with E-state index in [0.717, 1.165) is 99.1 Å². The highest BCUT2D eigenvalue weighted by molar-refractivity contribution is 6.11. The Morgan fingerprint density at radius 1 is 0.633 bits per heavy atom. The number of pyridine rings is 2. The van der Waals surface area contributed by atoms with Gasteiger partial charge in [0.25, 0.3) is 0 Å². The Labute approximate surface area is 282 Å². The van der Waals surface area contributed by atoms with Gasteiger partial charge in [0.1, 0.15) is 16.7 Å². The number of nitrogens with zero attached hydrogens (tertiary/aromatic N) is 2. The third-order valence-corrected chi connectivity index (χ3v) is 9.45. The first-order valence-electron chi connectivity index (χ1n) is 16.4. The molecule has 9 aromatic rings. The molecule has 0 aliphatic heterocycles. The van der Waals surface area contributed by atoms with E-state index in [4.69, 9.17) is 25.2 Å². The Morgan fingerprint density at radius 3 is 2.12 bits per heavy atom. The first-order chi connectivity index (χ1) is 24.0. The van der Waals surface area contributed by atoms with Crippen LogP contribution in [0.25, 0.3) is 88.6 Å². The lowest BCUT2D eigenvalue weighted by molar-refractivity contribution is 0.573. The average molecular weight is 631 g/mol. The van der Waals surface area contributed by atoms with Crippen molar-refractivity contribution in [2.75, 3.05) is 0 Å². The number of rotatable bonds is 3. The summed E-state index contributed by atoms with van der Waals surface area (Å²) < 4.78 is 13.0. The number of fused-ring (bicyclic) bond motifs is 7. The predicted molar refractivity (Wildman–Crippen MR) is 202 cm³/mol. The number of terminal acetylenes is 1. The van der Waals surface area contributed by atoms with Gasteiger partial charge in [0.05, 0.1) is 16.6 Å². The molecule has 5 aromatic carbocycles. The van der Waals surface area contributed by atoms with Crippen LogP contribution in [0, 0.1) is 26.2 Å². The Bertz CT molecular complexity index is 2990. The zero-order valence-electron chi connectivity index (χ0n) is 27.3. The largest absolute Gasteiger partial charge is 0.455 e. The molecular weight excluding hydrogens is 601 g/mol. The molecule has 0 amide bonds. The first kappa shape index (κ1) is 28.8.